The van der Waals surface area contributed by atoms with E-state index in [9.17, 15) is 18.0 Å². The fraction of sp³-hybridized carbons (Fsp3) is 0.294. The Morgan fingerprint density at radius 2 is 2.07 bits per heavy atom. The van der Waals surface area contributed by atoms with Gasteiger partial charge >= 0.3 is 12.0 Å². The monoisotopic (exact) mass is 412 g/mol. The Kier molecular flexibility index (Phi) is 4.68. The Morgan fingerprint density at radius 1 is 1.32 bits per heavy atom. The average molecular weight is 413 g/mol. The van der Waals surface area contributed by atoms with Gasteiger partial charge in [0.15, 0.2) is 16.9 Å². The van der Waals surface area contributed by atoms with Crippen LogP contribution in [0.25, 0.3) is 11.2 Å². The summed E-state index contributed by atoms with van der Waals surface area (Å²) in [6.45, 7) is -0.645. The van der Waals surface area contributed by atoms with Crippen LogP contribution >= 0.6 is 11.6 Å². The summed E-state index contributed by atoms with van der Waals surface area (Å²) < 4.78 is 53.7. The highest BCUT2D eigenvalue weighted by Gasteiger charge is 2.51. The van der Waals surface area contributed by atoms with Crippen LogP contribution in [-0.2, 0) is 9.47 Å². The lowest BCUT2D eigenvalue weighted by molar-refractivity contribution is -0.104. The van der Waals surface area contributed by atoms with Crippen molar-refractivity contribution < 1.29 is 27.4 Å². The molecular formula is C17H12ClF3N4O3. The van der Waals surface area contributed by atoms with Gasteiger partial charge in [0.2, 0.25) is 0 Å². The second kappa shape index (κ2) is 7.02. The molecule has 3 heterocycles. The van der Waals surface area contributed by atoms with Crippen LogP contribution in [0.5, 0.6) is 0 Å². The second-order valence-corrected chi connectivity index (χ2v) is 6.47. The lowest BCUT2D eigenvalue weighted by Crippen LogP contribution is -2.33. The molecule has 0 amide bonds. The molecule has 1 fully saturated rings. The molecule has 0 N–H and O–H groups in total. The number of esters is 1. The van der Waals surface area contributed by atoms with Gasteiger partial charge in [-0.25, -0.2) is 18.6 Å². The van der Waals surface area contributed by atoms with Gasteiger partial charge in [-0.15, -0.1) is 0 Å². The largest absolute Gasteiger partial charge is 0.459 e. The van der Waals surface area contributed by atoms with Crippen molar-refractivity contribution in [3.63, 3.8) is 0 Å². The van der Waals surface area contributed by atoms with E-state index in [1.807, 2.05) is 0 Å². The summed E-state index contributed by atoms with van der Waals surface area (Å²) in [4.78, 5) is 22.8. The number of hydrogen-bond acceptors (Lipinski definition) is 6. The molecule has 3 aromatic rings. The maximum Gasteiger partial charge on any atom is 0.338 e. The molecule has 146 valence electrons. The molecule has 4 rings (SSSR count). The summed E-state index contributed by atoms with van der Waals surface area (Å²) in [5, 5.41) is -0.237. The van der Waals surface area contributed by atoms with E-state index in [2.05, 4.69) is 15.0 Å². The third-order valence-electron chi connectivity index (χ3n) is 4.28. The fourth-order valence-electron chi connectivity index (χ4n) is 2.90. The van der Waals surface area contributed by atoms with E-state index in [-0.39, 0.29) is 21.9 Å². The third kappa shape index (κ3) is 3.40. The first kappa shape index (κ1) is 18.6. The molecule has 0 aliphatic carbocycles. The average Bonchev–Trinajstić information content (AvgIpc) is 3.20. The van der Waals surface area contributed by atoms with Crippen LogP contribution in [-0.4, -0.2) is 44.1 Å². The van der Waals surface area contributed by atoms with Crippen LogP contribution in [0.1, 0.15) is 23.0 Å². The Bertz CT molecular complexity index is 1030. The Balaban J connectivity index is 1.51. The molecule has 1 aromatic carbocycles. The minimum atomic E-state index is -3.28. The number of halogens is 4. The van der Waals surface area contributed by atoms with Crippen molar-refractivity contribution in [2.45, 2.75) is 24.7 Å². The lowest BCUT2D eigenvalue weighted by atomic mass is 10.1. The minimum absolute atomic E-state index is 0.0638. The van der Waals surface area contributed by atoms with E-state index in [4.69, 9.17) is 21.1 Å². The van der Waals surface area contributed by atoms with E-state index in [0.29, 0.717) is 0 Å². The molecule has 11 heteroatoms. The van der Waals surface area contributed by atoms with E-state index >= 15 is 0 Å². The Morgan fingerprint density at radius 3 is 2.82 bits per heavy atom. The van der Waals surface area contributed by atoms with Gasteiger partial charge in [-0.1, -0.05) is 29.8 Å². The number of rotatable bonds is 4. The topological polar surface area (TPSA) is 79.1 Å². The number of imidazole rings is 1. The van der Waals surface area contributed by atoms with E-state index in [0.717, 1.165) is 4.57 Å². The van der Waals surface area contributed by atoms with Gasteiger partial charge in [0.25, 0.3) is 5.92 Å². The van der Waals surface area contributed by atoms with E-state index in [1.165, 1.54) is 18.5 Å². The minimum Gasteiger partial charge on any atom is -0.459 e. The Hall–Kier alpha value is -2.72. The molecule has 0 unspecified atom stereocenters. The van der Waals surface area contributed by atoms with Crippen LogP contribution in [0.2, 0.25) is 5.15 Å². The summed E-state index contributed by atoms with van der Waals surface area (Å²) in [5.74, 6) is -4.02. The zero-order chi connectivity index (χ0) is 19.9. The molecule has 0 bridgehead atoms. The van der Waals surface area contributed by atoms with Crippen molar-refractivity contribution in [3.8, 4) is 0 Å². The number of fused-ring (bicyclic) bond motifs is 1. The molecule has 0 saturated carbocycles. The number of hydrogen-bond donors (Lipinski definition) is 0. The number of alkyl halides is 2. The molecule has 28 heavy (non-hydrogen) atoms. The molecule has 0 radical (unpaired) electrons. The smallest absolute Gasteiger partial charge is 0.338 e. The van der Waals surface area contributed by atoms with Gasteiger partial charge < -0.3 is 9.47 Å². The maximum atomic E-state index is 14.4. The quantitative estimate of drug-likeness (QED) is 0.371. The number of aromatic nitrogens is 4. The molecule has 2 aromatic heterocycles. The zero-order valence-electron chi connectivity index (χ0n) is 14.1. The van der Waals surface area contributed by atoms with Crippen LogP contribution in [0.4, 0.5) is 13.2 Å². The number of carbonyl (C=O) groups excluding carboxylic acids is 1. The normalized spacial score (nSPS) is 21.1. The predicted octanol–water partition coefficient (Wildman–Crippen LogP) is 3.40. The van der Waals surface area contributed by atoms with Crippen LogP contribution in [0, 0.1) is 6.08 Å². The summed E-state index contributed by atoms with van der Waals surface area (Å²) >= 11 is 5.80. The molecule has 0 spiro atoms. The van der Waals surface area contributed by atoms with Crippen LogP contribution < -0.4 is 0 Å². The number of benzene rings is 1. The van der Waals surface area contributed by atoms with Crippen molar-refractivity contribution in [3.05, 3.63) is 53.5 Å². The molecule has 2 atom stereocenters. The molecule has 1 saturated heterocycles. The van der Waals surface area contributed by atoms with Gasteiger partial charge in [-0.2, -0.15) is 14.4 Å². The first-order valence-corrected chi connectivity index (χ1v) is 8.54. The van der Waals surface area contributed by atoms with Crippen molar-refractivity contribution in [1.82, 2.24) is 19.5 Å². The van der Waals surface area contributed by atoms with E-state index in [1.54, 1.807) is 18.2 Å². The highest BCUT2D eigenvalue weighted by atomic mass is 35.5. The highest BCUT2D eigenvalue weighted by Crippen LogP contribution is 2.42. The summed E-state index contributed by atoms with van der Waals surface area (Å²) in [5.41, 5.74) is 0.233. The fourth-order valence-corrected chi connectivity index (χ4v) is 3.11. The van der Waals surface area contributed by atoms with Crippen molar-refractivity contribution in [2.75, 3.05) is 6.61 Å². The third-order valence-corrected chi connectivity index (χ3v) is 4.54. The number of ether oxygens (including phenoxy) is 2. The Labute approximate surface area is 161 Å². The van der Waals surface area contributed by atoms with Crippen molar-refractivity contribution in [1.29, 1.82) is 0 Å². The first-order chi connectivity index (χ1) is 13.3. The van der Waals surface area contributed by atoms with Crippen molar-refractivity contribution in [2.24, 2.45) is 0 Å². The SMILES string of the molecule is O=C(OC[C@@H]1O[C@H](n2cnc3c(Cl)nc(F)nc32)CC1(F)F)c1ccccc1. The second-order valence-electron chi connectivity index (χ2n) is 6.12. The standard InChI is InChI=1S/C17H12ClF3N4O3/c18-13-12-14(24-16(19)23-13)25(8-22-12)11-6-17(20,21)10(28-11)7-27-15(26)9-4-2-1-3-5-9/h1-5,8,10-11H,6-7H2/t10-,11-/m0/s1. The zero-order valence-corrected chi connectivity index (χ0v) is 14.8. The van der Waals surface area contributed by atoms with Gasteiger partial charge in [0.05, 0.1) is 18.3 Å². The van der Waals surface area contributed by atoms with E-state index < -0.39 is 43.3 Å². The number of nitrogens with zero attached hydrogens (tertiary/aromatic N) is 4. The van der Waals surface area contributed by atoms with Crippen LogP contribution in [0.15, 0.2) is 36.7 Å². The van der Waals surface area contributed by atoms with Gasteiger partial charge in [-0.3, -0.25) is 4.57 Å². The molecule has 7 nitrogen and oxygen atoms in total. The summed E-state index contributed by atoms with van der Waals surface area (Å²) in [6, 6.07) is 7.99. The van der Waals surface area contributed by atoms with Gasteiger partial charge in [0.1, 0.15) is 18.4 Å². The summed E-state index contributed by atoms with van der Waals surface area (Å²) in [6.07, 6.45) is -3.54. The summed E-state index contributed by atoms with van der Waals surface area (Å²) in [7, 11) is 0. The molecule has 1 aliphatic rings. The predicted molar refractivity (Wildman–Crippen MR) is 90.5 cm³/mol. The highest BCUT2D eigenvalue weighted by molar-refractivity contribution is 6.33. The van der Waals surface area contributed by atoms with Gasteiger partial charge in [-0.05, 0) is 12.1 Å². The molecule has 1 aliphatic heterocycles. The van der Waals surface area contributed by atoms with Gasteiger partial charge in [0, 0.05) is 0 Å². The lowest BCUT2D eigenvalue weighted by Gasteiger charge is -2.17. The maximum absolute atomic E-state index is 14.4. The number of carbonyl (C=O) groups is 1. The first-order valence-electron chi connectivity index (χ1n) is 8.16. The van der Waals surface area contributed by atoms with Crippen LogP contribution in [0.3, 0.4) is 0 Å². The van der Waals surface area contributed by atoms with Crippen molar-refractivity contribution >= 4 is 28.7 Å². The molecular weight excluding hydrogens is 401 g/mol.